The van der Waals surface area contributed by atoms with Crippen molar-refractivity contribution in [2.24, 2.45) is 4.99 Å². The SMILES string of the molecule is CN=C(NCC1CN(C)CCO1)N(C)Cc1ccccc1Cl.I. The quantitative estimate of drug-likeness (QED) is 0.432. The lowest BCUT2D eigenvalue weighted by atomic mass is 10.2. The van der Waals surface area contributed by atoms with Gasteiger partial charge in [0.05, 0.1) is 12.7 Å². The van der Waals surface area contributed by atoms with E-state index in [1.54, 1.807) is 7.05 Å². The molecule has 0 aromatic heterocycles. The lowest BCUT2D eigenvalue weighted by molar-refractivity contribution is -0.0163. The van der Waals surface area contributed by atoms with E-state index in [-0.39, 0.29) is 30.1 Å². The lowest BCUT2D eigenvalue weighted by Gasteiger charge is -2.31. The fourth-order valence-electron chi connectivity index (χ4n) is 2.54. The van der Waals surface area contributed by atoms with Gasteiger partial charge in [-0.2, -0.15) is 0 Å². The van der Waals surface area contributed by atoms with Gasteiger partial charge in [-0.25, -0.2) is 0 Å². The second-order valence-electron chi connectivity index (χ2n) is 5.63. The average molecular weight is 453 g/mol. The molecule has 5 nitrogen and oxygen atoms in total. The fourth-order valence-corrected chi connectivity index (χ4v) is 2.73. The van der Waals surface area contributed by atoms with E-state index in [2.05, 4.69) is 27.2 Å². The molecule has 0 aliphatic carbocycles. The molecule has 0 amide bonds. The summed E-state index contributed by atoms with van der Waals surface area (Å²) in [5.74, 6) is 0.844. The van der Waals surface area contributed by atoms with Crippen molar-refractivity contribution >= 4 is 41.5 Å². The Hall–Kier alpha value is -0.570. The molecule has 1 aliphatic heterocycles. The van der Waals surface area contributed by atoms with Crippen LogP contribution in [0.3, 0.4) is 0 Å². The van der Waals surface area contributed by atoms with E-state index in [0.29, 0.717) is 6.54 Å². The molecule has 1 aromatic carbocycles. The van der Waals surface area contributed by atoms with Crippen LogP contribution in [0.15, 0.2) is 29.3 Å². The molecule has 23 heavy (non-hydrogen) atoms. The van der Waals surface area contributed by atoms with E-state index >= 15 is 0 Å². The first-order valence-electron chi connectivity index (χ1n) is 7.55. The fraction of sp³-hybridized carbons (Fsp3) is 0.562. The highest BCUT2D eigenvalue weighted by Gasteiger charge is 2.18. The van der Waals surface area contributed by atoms with Crippen LogP contribution in [0.2, 0.25) is 5.02 Å². The van der Waals surface area contributed by atoms with Gasteiger partial charge in [-0.1, -0.05) is 29.8 Å². The zero-order chi connectivity index (χ0) is 15.9. The Labute approximate surface area is 161 Å². The third-order valence-electron chi connectivity index (χ3n) is 3.77. The highest BCUT2D eigenvalue weighted by Crippen LogP contribution is 2.16. The maximum atomic E-state index is 6.22. The van der Waals surface area contributed by atoms with E-state index in [4.69, 9.17) is 16.3 Å². The zero-order valence-electron chi connectivity index (χ0n) is 14.0. The molecule has 1 aliphatic rings. The van der Waals surface area contributed by atoms with Crippen molar-refractivity contribution in [2.75, 3.05) is 47.4 Å². The number of rotatable bonds is 4. The van der Waals surface area contributed by atoms with Gasteiger partial charge in [-0.15, -0.1) is 24.0 Å². The number of benzene rings is 1. The summed E-state index contributed by atoms with van der Waals surface area (Å²) < 4.78 is 5.76. The monoisotopic (exact) mass is 452 g/mol. The molecule has 0 spiro atoms. The maximum absolute atomic E-state index is 6.22. The van der Waals surface area contributed by atoms with Gasteiger partial charge < -0.3 is 19.9 Å². The number of nitrogens with one attached hydrogen (secondary N) is 1. The van der Waals surface area contributed by atoms with Gasteiger partial charge in [0, 0.05) is 45.3 Å². The van der Waals surface area contributed by atoms with Crippen LogP contribution in [0.1, 0.15) is 5.56 Å². The van der Waals surface area contributed by atoms with Crippen LogP contribution in [0.4, 0.5) is 0 Å². The molecule has 7 heteroatoms. The Morgan fingerprint density at radius 3 is 2.87 bits per heavy atom. The Morgan fingerprint density at radius 2 is 2.22 bits per heavy atom. The summed E-state index contributed by atoms with van der Waals surface area (Å²) in [5, 5.41) is 4.16. The predicted molar refractivity (Wildman–Crippen MR) is 107 cm³/mol. The summed E-state index contributed by atoms with van der Waals surface area (Å²) in [6, 6.07) is 7.88. The van der Waals surface area contributed by atoms with Crippen molar-refractivity contribution in [2.45, 2.75) is 12.6 Å². The number of ether oxygens (including phenoxy) is 1. The number of aliphatic imine (C=N–C) groups is 1. The Kier molecular flexibility index (Phi) is 9.19. The van der Waals surface area contributed by atoms with Gasteiger partial charge in [-0.05, 0) is 18.7 Å². The minimum atomic E-state index is 0. The smallest absolute Gasteiger partial charge is 0.193 e. The summed E-state index contributed by atoms with van der Waals surface area (Å²) >= 11 is 6.22. The van der Waals surface area contributed by atoms with Crippen LogP contribution >= 0.6 is 35.6 Å². The Bertz CT molecular complexity index is 515. The van der Waals surface area contributed by atoms with E-state index in [1.807, 2.05) is 31.3 Å². The number of halogens is 2. The van der Waals surface area contributed by atoms with Crippen molar-refractivity contribution in [1.29, 1.82) is 0 Å². The van der Waals surface area contributed by atoms with Crippen LogP contribution in [-0.2, 0) is 11.3 Å². The van der Waals surface area contributed by atoms with Crippen molar-refractivity contribution in [3.05, 3.63) is 34.9 Å². The minimum absolute atomic E-state index is 0. The van der Waals surface area contributed by atoms with Crippen molar-refractivity contribution in [1.82, 2.24) is 15.1 Å². The van der Waals surface area contributed by atoms with E-state index in [1.165, 1.54) is 0 Å². The van der Waals surface area contributed by atoms with Crippen molar-refractivity contribution < 1.29 is 4.74 Å². The second-order valence-corrected chi connectivity index (χ2v) is 6.04. The van der Waals surface area contributed by atoms with Crippen LogP contribution < -0.4 is 5.32 Å². The van der Waals surface area contributed by atoms with Gasteiger partial charge in [0.25, 0.3) is 0 Å². The third kappa shape index (κ3) is 6.45. The topological polar surface area (TPSA) is 40.1 Å². The molecule has 2 rings (SSSR count). The van der Waals surface area contributed by atoms with E-state index in [9.17, 15) is 0 Å². The first-order valence-corrected chi connectivity index (χ1v) is 7.93. The predicted octanol–water partition coefficient (Wildman–Crippen LogP) is 2.30. The molecule has 0 radical (unpaired) electrons. The maximum Gasteiger partial charge on any atom is 0.193 e. The van der Waals surface area contributed by atoms with Crippen LogP contribution in [-0.4, -0.2) is 69.2 Å². The summed E-state index contributed by atoms with van der Waals surface area (Å²) in [6.45, 7) is 4.20. The number of morpholine rings is 1. The Morgan fingerprint density at radius 1 is 1.48 bits per heavy atom. The molecular weight excluding hydrogens is 427 g/mol. The zero-order valence-corrected chi connectivity index (χ0v) is 17.0. The van der Waals surface area contributed by atoms with Crippen molar-refractivity contribution in [3.8, 4) is 0 Å². The molecule has 130 valence electrons. The van der Waals surface area contributed by atoms with Gasteiger partial charge in [0.2, 0.25) is 0 Å². The highest BCUT2D eigenvalue weighted by atomic mass is 127. The van der Waals surface area contributed by atoms with Gasteiger partial charge in [0.1, 0.15) is 0 Å². The van der Waals surface area contributed by atoms with E-state index < -0.39 is 0 Å². The number of hydrogen-bond acceptors (Lipinski definition) is 3. The van der Waals surface area contributed by atoms with Gasteiger partial charge in [-0.3, -0.25) is 4.99 Å². The average Bonchev–Trinajstić information content (AvgIpc) is 2.50. The molecule has 1 N–H and O–H groups in total. The summed E-state index contributed by atoms with van der Waals surface area (Å²) in [6.07, 6.45) is 0.198. The normalized spacial score (nSPS) is 19.1. The molecular formula is C16H26ClIN4O. The molecule has 0 bridgehead atoms. The largest absolute Gasteiger partial charge is 0.374 e. The first kappa shape index (κ1) is 20.5. The van der Waals surface area contributed by atoms with E-state index in [0.717, 1.165) is 42.8 Å². The number of likely N-dealkylation sites (N-methyl/N-ethyl adjacent to an activating group) is 1. The summed E-state index contributed by atoms with van der Waals surface area (Å²) in [5.41, 5.74) is 1.09. The second kappa shape index (κ2) is 10.3. The number of hydrogen-bond donors (Lipinski definition) is 1. The Balaban J connectivity index is 0.00000264. The molecule has 1 atom stereocenters. The van der Waals surface area contributed by atoms with Gasteiger partial charge in [0.15, 0.2) is 5.96 Å². The molecule has 1 heterocycles. The molecule has 1 unspecified atom stereocenters. The number of nitrogens with zero attached hydrogens (tertiary/aromatic N) is 3. The van der Waals surface area contributed by atoms with Crippen LogP contribution in [0.5, 0.6) is 0 Å². The standard InChI is InChI=1S/C16H25ClN4O.HI/c1-18-16(19-10-14-12-20(2)8-9-22-14)21(3)11-13-6-4-5-7-15(13)17;/h4-7,14H,8-12H2,1-3H3,(H,18,19);1H. The summed E-state index contributed by atoms with van der Waals surface area (Å²) in [7, 11) is 5.92. The summed E-state index contributed by atoms with van der Waals surface area (Å²) in [4.78, 5) is 8.68. The lowest BCUT2D eigenvalue weighted by Crippen LogP contribution is -2.48. The molecule has 1 fully saturated rings. The highest BCUT2D eigenvalue weighted by molar-refractivity contribution is 14.0. The molecule has 0 saturated carbocycles. The van der Waals surface area contributed by atoms with Crippen LogP contribution in [0.25, 0.3) is 0 Å². The number of guanidine groups is 1. The van der Waals surface area contributed by atoms with Crippen LogP contribution in [0, 0.1) is 0 Å². The third-order valence-corrected chi connectivity index (χ3v) is 4.14. The van der Waals surface area contributed by atoms with Crippen molar-refractivity contribution in [3.63, 3.8) is 0 Å². The molecule has 1 saturated heterocycles. The van der Waals surface area contributed by atoms with Gasteiger partial charge >= 0.3 is 0 Å². The molecule has 1 aromatic rings. The minimum Gasteiger partial charge on any atom is -0.374 e. The first-order chi connectivity index (χ1) is 10.6.